The number of aliphatic imine (C=N–C) groups is 1. The van der Waals surface area contributed by atoms with Crippen LogP contribution in [-0.2, 0) is 6.54 Å². The lowest BCUT2D eigenvalue weighted by molar-refractivity contribution is 0.267. The number of unbranched alkanes of at least 4 members (excludes halogenated alkanes) is 1. The maximum atomic E-state index is 5.80. The second kappa shape index (κ2) is 10.9. The van der Waals surface area contributed by atoms with Crippen LogP contribution in [0.2, 0.25) is 0 Å². The Hall–Kier alpha value is -1.82. The number of hydrogen-bond acceptors (Lipinski definition) is 4. The Bertz CT molecular complexity index is 534. The van der Waals surface area contributed by atoms with Crippen LogP contribution in [-0.4, -0.2) is 55.2 Å². The van der Waals surface area contributed by atoms with Gasteiger partial charge in [-0.15, -0.1) is 0 Å². The lowest BCUT2D eigenvalue weighted by atomic mass is 10.2. The Morgan fingerprint density at radius 1 is 1.40 bits per heavy atom. The van der Waals surface area contributed by atoms with Crippen LogP contribution in [0.1, 0.15) is 45.1 Å². The van der Waals surface area contributed by atoms with E-state index in [2.05, 4.69) is 39.4 Å². The number of likely N-dealkylation sites (tertiary alicyclic amines) is 1. The third kappa shape index (κ3) is 6.20. The minimum absolute atomic E-state index is 0.606. The number of hydrogen-bond donors (Lipinski definition) is 2. The smallest absolute Gasteiger partial charge is 0.218 e. The Morgan fingerprint density at radius 3 is 3.04 bits per heavy atom. The zero-order valence-electron chi connectivity index (χ0n) is 15.9. The van der Waals surface area contributed by atoms with Gasteiger partial charge in [0.2, 0.25) is 5.88 Å². The second-order valence-electron chi connectivity index (χ2n) is 6.40. The van der Waals surface area contributed by atoms with Crippen molar-refractivity contribution < 1.29 is 4.74 Å². The maximum Gasteiger partial charge on any atom is 0.218 e. The second-order valence-corrected chi connectivity index (χ2v) is 6.40. The topological polar surface area (TPSA) is 61.8 Å². The SMILES string of the molecule is CCCCOc1ncccc1CNC(=NC)NCC1CCCN1CC. The van der Waals surface area contributed by atoms with E-state index in [1.54, 1.807) is 6.20 Å². The predicted octanol–water partition coefficient (Wildman–Crippen LogP) is 2.41. The van der Waals surface area contributed by atoms with E-state index in [0.717, 1.165) is 37.5 Å². The summed E-state index contributed by atoms with van der Waals surface area (Å²) >= 11 is 0. The number of ether oxygens (including phenoxy) is 1. The van der Waals surface area contributed by atoms with Crippen molar-refractivity contribution in [1.29, 1.82) is 0 Å². The molecule has 1 aliphatic rings. The molecule has 1 aromatic heterocycles. The zero-order valence-corrected chi connectivity index (χ0v) is 15.9. The molecule has 1 saturated heterocycles. The Morgan fingerprint density at radius 2 is 2.28 bits per heavy atom. The van der Waals surface area contributed by atoms with Crippen molar-refractivity contribution in [2.75, 3.05) is 33.3 Å². The summed E-state index contributed by atoms with van der Waals surface area (Å²) in [5.41, 5.74) is 1.05. The molecule has 6 nitrogen and oxygen atoms in total. The number of rotatable bonds is 9. The van der Waals surface area contributed by atoms with Gasteiger partial charge in [0.1, 0.15) is 0 Å². The first-order chi connectivity index (χ1) is 12.3. The van der Waals surface area contributed by atoms with Gasteiger partial charge in [0.25, 0.3) is 0 Å². The number of aromatic nitrogens is 1. The molecule has 0 radical (unpaired) electrons. The van der Waals surface area contributed by atoms with Crippen molar-refractivity contribution in [1.82, 2.24) is 20.5 Å². The lowest BCUT2D eigenvalue weighted by Crippen LogP contribution is -2.44. The number of pyridine rings is 1. The van der Waals surface area contributed by atoms with Crippen LogP contribution in [0.4, 0.5) is 0 Å². The molecule has 0 saturated carbocycles. The molecule has 0 aliphatic carbocycles. The molecule has 0 bridgehead atoms. The van der Waals surface area contributed by atoms with Crippen molar-refractivity contribution in [3.05, 3.63) is 23.9 Å². The average Bonchev–Trinajstić information content (AvgIpc) is 3.10. The van der Waals surface area contributed by atoms with Gasteiger partial charge in [0, 0.05) is 37.9 Å². The molecule has 0 amide bonds. The van der Waals surface area contributed by atoms with E-state index >= 15 is 0 Å². The highest BCUT2D eigenvalue weighted by Gasteiger charge is 2.22. The lowest BCUT2D eigenvalue weighted by Gasteiger charge is -2.24. The highest BCUT2D eigenvalue weighted by atomic mass is 16.5. The number of nitrogens with one attached hydrogen (secondary N) is 2. The molecule has 2 N–H and O–H groups in total. The molecule has 1 unspecified atom stereocenters. The van der Waals surface area contributed by atoms with Crippen LogP contribution in [0.5, 0.6) is 5.88 Å². The summed E-state index contributed by atoms with van der Waals surface area (Å²) in [6.07, 6.45) is 6.49. The summed E-state index contributed by atoms with van der Waals surface area (Å²) in [4.78, 5) is 11.2. The molecule has 6 heteroatoms. The molecular weight excluding hydrogens is 314 g/mol. The van der Waals surface area contributed by atoms with Crippen LogP contribution in [0.25, 0.3) is 0 Å². The summed E-state index contributed by atoms with van der Waals surface area (Å²) in [6, 6.07) is 4.59. The molecule has 2 rings (SSSR count). The van der Waals surface area contributed by atoms with E-state index in [4.69, 9.17) is 4.74 Å². The van der Waals surface area contributed by atoms with Crippen molar-refractivity contribution in [3.8, 4) is 5.88 Å². The first kappa shape index (κ1) is 19.5. The minimum atomic E-state index is 0.606. The average molecular weight is 348 g/mol. The fraction of sp³-hybridized carbons (Fsp3) is 0.684. The zero-order chi connectivity index (χ0) is 17.9. The summed E-state index contributed by atoms with van der Waals surface area (Å²) in [7, 11) is 1.81. The molecule has 1 aliphatic heterocycles. The van der Waals surface area contributed by atoms with E-state index in [1.165, 1.54) is 19.4 Å². The maximum absolute atomic E-state index is 5.80. The number of guanidine groups is 1. The van der Waals surface area contributed by atoms with E-state index in [-0.39, 0.29) is 0 Å². The molecule has 1 fully saturated rings. The van der Waals surface area contributed by atoms with Crippen LogP contribution >= 0.6 is 0 Å². The largest absolute Gasteiger partial charge is 0.477 e. The monoisotopic (exact) mass is 347 g/mol. The summed E-state index contributed by atoms with van der Waals surface area (Å²) in [5, 5.41) is 6.83. The van der Waals surface area contributed by atoms with Crippen molar-refractivity contribution >= 4 is 5.96 Å². The van der Waals surface area contributed by atoms with Crippen molar-refractivity contribution in [2.45, 2.75) is 52.1 Å². The fourth-order valence-electron chi connectivity index (χ4n) is 3.16. The highest BCUT2D eigenvalue weighted by Crippen LogP contribution is 2.16. The van der Waals surface area contributed by atoms with Crippen LogP contribution < -0.4 is 15.4 Å². The first-order valence-electron chi connectivity index (χ1n) is 9.53. The molecule has 25 heavy (non-hydrogen) atoms. The molecule has 2 heterocycles. The molecule has 0 spiro atoms. The van der Waals surface area contributed by atoms with Crippen LogP contribution in [0.15, 0.2) is 23.3 Å². The number of likely N-dealkylation sites (N-methyl/N-ethyl adjacent to an activating group) is 1. The van der Waals surface area contributed by atoms with Gasteiger partial charge in [-0.1, -0.05) is 26.3 Å². The minimum Gasteiger partial charge on any atom is -0.477 e. The summed E-state index contributed by atoms with van der Waals surface area (Å²) < 4.78 is 5.80. The Kier molecular flexibility index (Phi) is 8.52. The van der Waals surface area contributed by atoms with Gasteiger partial charge in [-0.2, -0.15) is 0 Å². The Labute approximate surface area is 152 Å². The molecular formula is C19H33N5O. The standard InChI is InChI=1S/C19H33N5O/c1-4-6-13-25-18-16(9-7-11-21-18)14-22-19(20-3)23-15-17-10-8-12-24(17)5-2/h7,9,11,17H,4-6,8,10,12-15H2,1-3H3,(H2,20,22,23). The number of nitrogens with zero attached hydrogens (tertiary/aromatic N) is 3. The fourth-order valence-corrected chi connectivity index (χ4v) is 3.16. The first-order valence-corrected chi connectivity index (χ1v) is 9.53. The quantitative estimate of drug-likeness (QED) is 0.408. The van der Waals surface area contributed by atoms with E-state index < -0.39 is 0 Å². The molecule has 1 atom stereocenters. The highest BCUT2D eigenvalue weighted by molar-refractivity contribution is 5.79. The van der Waals surface area contributed by atoms with Crippen LogP contribution in [0.3, 0.4) is 0 Å². The van der Waals surface area contributed by atoms with Crippen molar-refractivity contribution in [3.63, 3.8) is 0 Å². The van der Waals surface area contributed by atoms with Gasteiger partial charge in [0.15, 0.2) is 5.96 Å². The molecule has 1 aromatic rings. The van der Waals surface area contributed by atoms with Gasteiger partial charge in [-0.25, -0.2) is 4.98 Å². The summed E-state index contributed by atoms with van der Waals surface area (Å²) in [5.74, 6) is 1.54. The van der Waals surface area contributed by atoms with Crippen LogP contribution in [0, 0.1) is 0 Å². The third-order valence-corrected chi connectivity index (χ3v) is 4.67. The summed E-state index contributed by atoms with van der Waals surface area (Å²) in [6.45, 7) is 9.01. The normalized spacial score (nSPS) is 18.4. The van der Waals surface area contributed by atoms with Gasteiger partial charge >= 0.3 is 0 Å². The van der Waals surface area contributed by atoms with E-state index in [9.17, 15) is 0 Å². The van der Waals surface area contributed by atoms with Gasteiger partial charge in [-0.05, 0) is 38.4 Å². The van der Waals surface area contributed by atoms with E-state index in [0.29, 0.717) is 25.1 Å². The molecule has 0 aromatic carbocycles. The third-order valence-electron chi connectivity index (χ3n) is 4.67. The van der Waals surface area contributed by atoms with Crippen molar-refractivity contribution in [2.24, 2.45) is 4.99 Å². The van der Waals surface area contributed by atoms with Gasteiger partial charge in [-0.3, -0.25) is 9.89 Å². The molecule has 140 valence electrons. The Balaban J connectivity index is 1.82. The predicted molar refractivity (Wildman–Crippen MR) is 103 cm³/mol. The van der Waals surface area contributed by atoms with E-state index in [1.807, 2.05) is 19.2 Å². The van der Waals surface area contributed by atoms with Gasteiger partial charge < -0.3 is 15.4 Å². The van der Waals surface area contributed by atoms with Gasteiger partial charge in [0.05, 0.1) is 6.61 Å².